The summed E-state index contributed by atoms with van der Waals surface area (Å²) < 4.78 is 32.6. The molecule has 31 heavy (non-hydrogen) atoms. The molecule has 1 heterocycles. The lowest BCUT2D eigenvalue weighted by Crippen LogP contribution is -2.13. The lowest BCUT2D eigenvalue weighted by Gasteiger charge is -2.14. The molecule has 0 fully saturated rings. The first kappa shape index (κ1) is 23.1. The fourth-order valence-electron chi connectivity index (χ4n) is 2.66. The van der Waals surface area contributed by atoms with Crippen LogP contribution in [0.2, 0.25) is 10.0 Å². The molecule has 0 radical (unpaired) electrons. The summed E-state index contributed by atoms with van der Waals surface area (Å²) in [4.78, 5) is 11.1. The molecule has 0 saturated carbocycles. The van der Waals surface area contributed by atoms with E-state index in [1.54, 1.807) is 24.3 Å². The van der Waals surface area contributed by atoms with E-state index >= 15 is 0 Å². The number of hydrogen-bond donors (Lipinski definition) is 1. The molecule has 0 aliphatic rings. The molecule has 0 spiro atoms. The Balaban J connectivity index is 2.02. The Bertz CT molecular complexity index is 1230. The van der Waals surface area contributed by atoms with E-state index in [9.17, 15) is 13.2 Å². The highest BCUT2D eigenvalue weighted by atomic mass is 35.5. The second kappa shape index (κ2) is 8.53. The van der Waals surface area contributed by atoms with E-state index in [4.69, 9.17) is 27.4 Å². The summed E-state index contributed by atoms with van der Waals surface area (Å²) in [6, 6.07) is 12.1. The third kappa shape index (κ3) is 5.39. The standard InChI is InChI=1S/C21H21Cl2N3O4S/c1-13(27)24-14-5-8-16(9-6-14)31(28,29)30-20-12-19(21(2,3)4)25-26(20)15-7-10-17(22)18(23)11-15/h5-12H,1-4H3,(H,24,27). The number of nitrogens with zero attached hydrogens (tertiary/aromatic N) is 2. The zero-order valence-corrected chi connectivity index (χ0v) is 19.6. The molecule has 7 nitrogen and oxygen atoms in total. The van der Waals surface area contributed by atoms with Crippen LogP contribution in [0.5, 0.6) is 5.88 Å². The summed E-state index contributed by atoms with van der Waals surface area (Å²) in [7, 11) is -4.17. The lowest BCUT2D eigenvalue weighted by atomic mass is 9.93. The molecule has 0 unspecified atom stereocenters. The maximum Gasteiger partial charge on any atom is 0.340 e. The van der Waals surface area contributed by atoms with E-state index in [1.807, 2.05) is 20.8 Å². The van der Waals surface area contributed by atoms with Crippen molar-refractivity contribution in [2.24, 2.45) is 0 Å². The van der Waals surface area contributed by atoms with Gasteiger partial charge < -0.3 is 9.50 Å². The van der Waals surface area contributed by atoms with E-state index in [1.165, 1.54) is 35.9 Å². The van der Waals surface area contributed by atoms with Gasteiger partial charge in [0, 0.05) is 24.1 Å². The number of amides is 1. The minimum atomic E-state index is -4.17. The zero-order chi connectivity index (χ0) is 23.0. The van der Waals surface area contributed by atoms with Gasteiger partial charge in [-0.2, -0.15) is 18.2 Å². The number of nitrogens with one attached hydrogen (secondary N) is 1. The maximum absolute atomic E-state index is 12.9. The van der Waals surface area contributed by atoms with Crippen LogP contribution in [0.25, 0.3) is 5.69 Å². The normalized spacial score (nSPS) is 11.9. The number of carbonyl (C=O) groups is 1. The number of carbonyl (C=O) groups excluding carboxylic acids is 1. The van der Waals surface area contributed by atoms with Crippen LogP contribution in [0, 0.1) is 0 Å². The number of rotatable bonds is 5. The highest BCUT2D eigenvalue weighted by Gasteiger charge is 2.25. The summed E-state index contributed by atoms with van der Waals surface area (Å²) in [6.45, 7) is 7.22. The molecular formula is C21H21Cl2N3O4S. The predicted molar refractivity (Wildman–Crippen MR) is 121 cm³/mol. The quantitative estimate of drug-likeness (QED) is 0.505. The Kier molecular flexibility index (Phi) is 6.36. The molecule has 1 N–H and O–H groups in total. The van der Waals surface area contributed by atoms with Gasteiger partial charge in [-0.3, -0.25) is 4.79 Å². The third-order valence-electron chi connectivity index (χ3n) is 4.25. The fraction of sp³-hybridized carbons (Fsp3) is 0.238. The van der Waals surface area contributed by atoms with Gasteiger partial charge in [-0.15, -0.1) is 0 Å². The van der Waals surface area contributed by atoms with Crippen molar-refractivity contribution in [3.8, 4) is 11.6 Å². The number of hydrogen-bond acceptors (Lipinski definition) is 5. The van der Waals surface area contributed by atoms with Crippen molar-refractivity contribution in [3.63, 3.8) is 0 Å². The molecule has 2 aromatic carbocycles. The molecule has 0 aliphatic heterocycles. The number of aromatic nitrogens is 2. The topological polar surface area (TPSA) is 90.3 Å². The molecule has 164 valence electrons. The Hall–Kier alpha value is -2.55. The van der Waals surface area contributed by atoms with E-state index in [-0.39, 0.29) is 22.1 Å². The summed E-state index contributed by atoms with van der Waals surface area (Å²) in [6.07, 6.45) is 0. The lowest BCUT2D eigenvalue weighted by molar-refractivity contribution is -0.114. The molecule has 1 aromatic heterocycles. The van der Waals surface area contributed by atoms with Gasteiger partial charge in [0.05, 0.1) is 21.4 Å². The minimum absolute atomic E-state index is 0.00857. The molecule has 10 heteroatoms. The monoisotopic (exact) mass is 481 g/mol. The van der Waals surface area contributed by atoms with Crippen molar-refractivity contribution in [2.45, 2.75) is 38.0 Å². The van der Waals surface area contributed by atoms with Crippen LogP contribution in [-0.4, -0.2) is 24.1 Å². The van der Waals surface area contributed by atoms with Crippen molar-refractivity contribution in [1.82, 2.24) is 9.78 Å². The minimum Gasteiger partial charge on any atom is -0.358 e. The Morgan fingerprint density at radius 3 is 2.23 bits per heavy atom. The first-order valence-corrected chi connectivity index (χ1v) is 11.4. The Morgan fingerprint density at radius 2 is 1.68 bits per heavy atom. The summed E-state index contributed by atoms with van der Waals surface area (Å²) >= 11 is 12.1. The van der Waals surface area contributed by atoms with Gasteiger partial charge in [0.25, 0.3) is 0 Å². The SMILES string of the molecule is CC(=O)Nc1ccc(S(=O)(=O)Oc2cc(C(C)(C)C)nn2-c2ccc(Cl)c(Cl)c2)cc1. The molecule has 3 rings (SSSR count). The van der Waals surface area contributed by atoms with E-state index in [2.05, 4.69) is 10.4 Å². The average Bonchev–Trinajstić information content (AvgIpc) is 3.07. The number of benzene rings is 2. The van der Waals surface area contributed by atoms with Crippen molar-refractivity contribution in [3.05, 3.63) is 64.3 Å². The first-order chi connectivity index (χ1) is 14.4. The van der Waals surface area contributed by atoms with Crippen LogP contribution in [0.15, 0.2) is 53.4 Å². The highest BCUT2D eigenvalue weighted by molar-refractivity contribution is 7.87. The molecule has 0 atom stereocenters. The smallest absolute Gasteiger partial charge is 0.340 e. The van der Waals surface area contributed by atoms with Gasteiger partial charge in [0.1, 0.15) is 4.90 Å². The fourth-order valence-corrected chi connectivity index (χ4v) is 3.86. The maximum atomic E-state index is 12.9. The second-order valence-corrected chi connectivity index (χ2v) is 10.2. The van der Waals surface area contributed by atoms with Crippen molar-refractivity contribution in [2.75, 3.05) is 5.32 Å². The van der Waals surface area contributed by atoms with Gasteiger partial charge in [-0.25, -0.2) is 0 Å². The number of anilines is 1. The van der Waals surface area contributed by atoms with E-state index in [0.29, 0.717) is 27.1 Å². The third-order valence-corrected chi connectivity index (χ3v) is 6.23. The van der Waals surface area contributed by atoms with Crippen LogP contribution in [0.1, 0.15) is 33.4 Å². The Morgan fingerprint density at radius 1 is 1.03 bits per heavy atom. The molecule has 0 aliphatic carbocycles. The van der Waals surface area contributed by atoms with Crippen LogP contribution in [-0.2, 0) is 20.3 Å². The van der Waals surface area contributed by atoms with Crippen molar-refractivity contribution < 1.29 is 17.4 Å². The summed E-state index contributed by atoms with van der Waals surface area (Å²) in [5, 5.41) is 7.77. The van der Waals surface area contributed by atoms with Crippen molar-refractivity contribution in [1.29, 1.82) is 0 Å². The van der Waals surface area contributed by atoms with Gasteiger partial charge in [0.2, 0.25) is 11.8 Å². The Labute approximate surface area is 191 Å². The predicted octanol–water partition coefficient (Wildman–Crippen LogP) is 5.20. The second-order valence-electron chi connectivity index (χ2n) is 7.87. The van der Waals surface area contributed by atoms with E-state index < -0.39 is 10.1 Å². The van der Waals surface area contributed by atoms with Crippen molar-refractivity contribution >= 4 is 44.9 Å². The largest absolute Gasteiger partial charge is 0.358 e. The molecule has 0 saturated heterocycles. The van der Waals surface area contributed by atoms with Gasteiger partial charge in [-0.1, -0.05) is 44.0 Å². The van der Waals surface area contributed by atoms with Crippen LogP contribution < -0.4 is 9.50 Å². The molecule has 1 amide bonds. The first-order valence-electron chi connectivity index (χ1n) is 9.25. The van der Waals surface area contributed by atoms with E-state index in [0.717, 1.165) is 0 Å². The van der Waals surface area contributed by atoms with Gasteiger partial charge in [0.15, 0.2) is 0 Å². The summed E-state index contributed by atoms with van der Waals surface area (Å²) in [5.41, 5.74) is 1.24. The van der Waals surface area contributed by atoms with Gasteiger partial charge >= 0.3 is 10.1 Å². The zero-order valence-electron chi connectivity index (χ0n) is 17.3. The van der Waals surface area contributed by atoms with Crippen LogP contribution in [0.3, 0.4) is 0 Å². The van der Waals surface area contributed by atoms with Crippen LogP contribution >= 0.6 is 23.2 Å². The average molecular weight is 482 g/mol. The summed E-state index contributed by atoms with van der Waals surface area (Å²) in [5.74, 6) is -0.249. The van der Waals surface area contributed by atoms with Crippen LogP contribution in [0.4, 0.5) is 5.69 Å². The molecule has 0 bridgehead atoms. The molecular weight excluding hydrogens is 461 g/mol. The highest BCUT2D eigenvalue weighted by Crippen LogP contribution is 2.32. The van der Waals surface area contributed by atoms with Gasteiger partial charge in [-0.05, 0) is 42.5 Å². The molecule has 3 aromatic rings. The number of halogens is 2.